The average Bonchev–Trinajstić information content (AvgIpc) is 2.54. The van der Waals surface area contributed by atoms with Crippen molar-refractivity contribution in [3.63, 3.8) is 0 Å². The Morgan fingerprint density at radius 1 is 1.05 bits per heavy atom. The van der Waals surface area contributed by atoms with Gasteiger partial charge in [0.25, 0.3) is 5.91 Å². The van der Waals surface area contributed by atoms with Crippen molar-refractivity contribution in [1.82, 2.24) is 0 Å². The van der Waals surface area contributed by atoms with Crippen molar-refractivity contribution in [2.24, 2.45) is 0 Å². The third kappa shape index (κ3) is 4.94. The lowest BCUT2D eigenvalue weighted by atomic mass is 10.2. The summed E-state index contributed by atoms with van der Waals surface area (Å²) in [5, 5.41) is 2.64. The maximum Gasteiger partial charge on any atom is 0.310 e. The van der Waals surface area contributed by atoms with E-state index in [2.05, 4.69) is 5.32 Å². The van der Waals surface area contributed by atoms with Gasteiger partial charge in [-0.1, -0.05) is 36.4 Å². The van der Waals surface area contributed by atoms with Gasteiger partial charge in [0.2, 0.25) is 0 Å². The number of hydrogen-bond donors (Lipinski definition) is 1. The number of esters is 1. The molecule has 0 aliphatic carbocycles. The van der Waals surface area contributed by atoms with Crippen LogP contribution < -0.4 is 10.1 Å². The zero-order valence-electron chi connectivity index (χ0n) is 12.2. The summed E-state index contributed by atoms with van der Waals surface area (Å²) in [4.78, 5) is 23.4. The van der Waals surface area contributed by atoms with Gasteiger partial charge >= 0.3 is 5.97 Å². The van der Waals surface area contributed by atoms with Gasteiger partial charge in [-0.05, 0) is 17.7 Å². The van der Waals surface area contributed by atoms with Crippen LogP contribution in [0.5, 0.6) is 5.75 Å². The third-order valence-corrected chi connectivity index (χ3v) is 2.91. The van der Waals surface area contributed by atoms with Gasteiger partial charge in [-0.3, -0.25) is 9.59 Å². The lowest BCUT2D eigenvalue weighted by molar-refractivity contribution is -0.146. The Hall–Kier alpha value is -2.82. The normalized spacial score (nSPS) is 9.86. The predicted octanol–water partition coefficient (Wildman–Crippen LogP) is 2.42. The summed E-state index contributed by atoms with van der Waals surface area (Å²) in [7, 11) is 1.55. The van der Waals surface area contributed by atoms with E-state index in [1.54, 1.807) is 31.4 Å². The highest BCUT2D eigenvalue weighted by atomic mass is 16.5. The molecule has 1 amide bonds. The first-order chi connectivity index (χ1) is 10.7. The van der Waals surface area contributed by atoms with Crippen LogP contribution in [0.1, 0.15) is 5.56 Å². The number of carbonyl (C=O) groups excluding carboxylic acids is 2. The number of anilines is 1. The molecule has 22 heavy (non-hydrogen) atoms. The lowest BCUT2D eigenvalue weighted by Crippen LogP contribution is -2.21. The van der Waals surface area contributed by atoms with E-state index in [-0.39, 0.29) is 13.0 Å². The Balaban J connectivity index is 1.78. The van der Waals surface area contributed by atoms with Crippen molar-refractivity contribution in [2.45, 2.75) is 6.42 Å². The molecule has 0 spiro atoms. The minimum atomic E-state index is -0.438. The molecule has 0 aromatic heterocycles. The summed E-state index contributed by atoms with van der Waals surface area (Å²) in [6.07, 6.45) is 0.146. The topological polar surface area (TPSA) is 64.6 Å². The Morgan fingerprint density at radius 2 is 1.82 bits per heavy atom. The zero-order chi connectivity index (χ0) is 15.8. The molecule has 0 aliphatic rings. The molecule has 0 fully saturated rings. The van der Waals surface area contributed by atoms with Crippen LogP contribution in [0.15, 0.2) is 54.6 Å². The molecule has 0 saturated heterocycles. The second-order valence-corrected chi connectivity index (χ2v) is 4.60. The van der Waals surface area contributed by atoms with Gasteiger partial charge < -0.3 is 14.8 Å². The average molecular weight is 299 g/mol. The highest BCUT2D eigenvalue weighted by Gasteiger charge is 2.09. The van der Waals surface area contributed by atoms with Crippen molar-refractivity contribution >= 4 is 17.6 Å². The molecule has 2 aromatic carbocycles. The van der Waals surface area contributed by atoms with Crippen LogP contribution in [0.25, 0.3) is 0 Å². The summed E-state index contributed by atoms with van der Waals surface area (Å²) < 4.78 is 10.0. The molecule has 0 aliphatic heterocycles. The first kappa shape index (κ1) is 15.6. The van der Waals surface area contributed by atoms with E-state index in [9.17, 15) is 9.59 Å². The van der Waals surface area contributed by atoms with Crippen molar-refractivity contribution in [3.8, 4) is 5.75 Å². The van der Waals surface area contributed by atoms with Gasteiger partial charge in [0.15, 0.2) is 6.61 Å². The number of rotatable bonds is 6. The van der Waals surface area contributed by atoms with Gasteiger partial charge in [0.05, 0.1) is 13.5 Å². The summed E-state index contributed by atoms with van der Waals surface area (Å²) in [6, 6.07) is 16.2. The monoisotopic (exact) mass is 299 g/mol. The predicted molar refractivity (Wildman–Crippen MR) is 82.7 cm³/mol. The molecular formula is C17H17NO4. The van der Waals surface area contributed by atoms with Gasteiger partial charge in [-0.15, -0.1) is 0 Å². The largest absolute Gasteiger partial charge is 0.497 e. The van der Waals surface area contributed by atoms with E-state index in [1.807, 2.05) is 30.3 Å². The molecular weight excluding hydrogens is 282 g/mol. The fraction of sp³-hybridized carbons (Fsp3) is 0.176. The Bertz CT molecular complexity index is 640. The summed E-state index contributed by atoms with van der Waals surface area (Å²) in [5.41, 5.74) is 1.43. The first-order valence-electron chi connectivity index (χ1n) is 6.81. The lowest BCUT2D eigenvalue weighted by Gasteiger charge is -2.08. The minimum Gasteiger partial charge on any atom is -0.497 e. The number of carbonyl (C=O) groups is 2. The highest BCUT2D eigenvalue weighted by molar-refractivity contribution is 5.93. The van der Waals surface area contributed by atoms with E-state index in [4.69, 9.17) is 9.47 Å². The third-order valence-electron chi connectivity index (χ3n) is 2.91. The summed E-state index contributed by atoms with van der Waals surface area (Å²) >= 11 is 0. The van der Waals surface area contributed by atoms with Crippen molar-refractivity contribution < 1.29 is 19.1 Å². The fourth-order valence-electron chi connectivity index (χ4n) is 1.86. The second-order valence-electron chi connectivity index (χ2n) is 4.60. The maximum absolute atomic E-state index is 11.7. The number of nitrogens with one attached hydrogen (secondary N) is 1. The van der Waals surface area contributed by atoms with Crippen LogP contribution in [-0.4, -0.2) is 25.6 Å². The number of ether oxygens (including phenoxy) is 2. The Morgan fingerprint density at radius 3 is 2.55 bits per heavy atom. The number of methoxy groups -OCH3 is 1. The van der Waals surface area contributed by atoms with E-state index in [0.29, 0.717) is 11.4 Å². The molecule has 5 nitrogen and oxygen atoms in total. The van der Waals surface area contributed by atoms with Crippen LogP contribution in [0.2, 0.25) is 0 Å². The van der Waals surface area contributed by atoms with Crippen LogP contribution in [0, 0.1) is 0 Å². The molecule has 0 bridgehead atoms. The van der Waals surface area contributed by atoms with Gasteiger partial charge in [0, 0.05) is 11.8 Å². The molecule has 114 valence electrons. The molecule has 0 heterocycles. The van der Waals surface area contributed by atoms with Gasteiger partial charge in [-0.25, -0.2) is 0 Å². The smallest absolute Gasteiger partial charge is 0.310 e. The Labute approximate surface area is 128 Å². The highest BCUT2D eigenvalue weighted by Crippen LogP contribution is 2.16. The number of benzene rings is 2. The first-order valence-corrected chi connectivity index (χ1v) is 6.81. The van der Waals surface area contributed by atoms with Crippen LogP contribution in [0.4, 0.5) is 5.69 Å². The van der Waals surface area contributed by atoms with E-state index < -0.39 is 11.9 Å². The molecule has 2 aromatic rings. The summed E-state index contributed by atoms with van der Waals surface area (Å²) in [5.74, 6) is -0.194. The standard InChI is InChI=1S/C17H17NO4/c1-21-15-9-5-8-14(11-15)18-16(19)12-22-17(20)10-13-6-3-2-4-7-13/h2-9,11H,10,12H2,1H3,(H,18,19). The summed E-state index contributed by atoms with van der Waals surface area (Å²) in [6.45, 7) is -0.317. The van der Waals surface area contributed by atoms with Gasteiger partial charge in [0.1, 0.15) is 5.75 Å². The van der Waals surface area contributed by atoms with Gasteiger partial charge in [-0.2, -0.15) is 0 Å². The zero-order valence-corrected chi connectivity index (χ0v) is 12.2. The quantitative estimate of drug-likeness (QED) is 0.832. The van der Waals surface area contributed by atoms with Crippen LogP contribution in [-0.2, 0) is 20.7 Å². The molecule has 1 N–H and O–H groups in total. The van der Waals surface area contributed by atoms with Crippen molar-refractivity contribution in [1.29, 1.82) is 0 Å². The molecule has 0 unspecified atom stereocenters. The molecule has 5 heteroatoms. The second kappa shape index (κ2) is 7.83. The fourth-order valence-corrected chi connectivity index (χ4v) is 1.86. The maximum atomic E-state index is 11.7. The van der Waals surface area contributed by atoms with Crippen LogP contribution in [0.3, 0.4) is 0 Å². The van der Waals surface area contributed by atoms with E-state index >= 15 is 0 Å². The SMILES string of the molecule is COc1cccc(NC(=O)COC(=O)Cc2ccccc2)c1. The van der Waals surface area contributed by atoms with Crippen LogP contribution >= 0.6 is 0 Å². The minimum absolute atomic E-state index is 0.146. The Kier molecular flexibility index (Phi) is 5.54. The molecule has 2 rings (SSSR count). The number of hydrogen-bond acceptors (Lipinski definition) is 4. The molecule has 0 saturated carbocycles. The number of amides is 1. The van der Waals surface area contributed by atoms with Crippen molar-refractivity contribution in [2.75, 3.05) is 19.0 Å². The van der Waals surface area contributed by atoms with Crippen molar-refractivity contribution in [3.05, 3.63) is 60.2 Å². The van der Waals surface area contributed by atoms with E-state index in [0.717, 1.165) is 5.56 Å². The molecule has 0 radical (unpaired) electrons. The molecule has 0 atom stereocenters. The van der Waals surface area contributed by atoms with E-state index in [1.165, 1.54) is 0 Å².